The van der Waals surface area contributed by atoms with Crippen molar-refractivity contribution in [3.8, 4) is 0 Å². The smallest absolute Gasteiger partial charge is 0.123 e. The number of benzene rings is 2. The second-order valence-corrected chi connectivity index (χ2v) is 6.39. The van der Waals surface area contributed by atoms with E-state index in [0.29, 0.717) is 5.92 Å². The Morgan fingerprint density at radius 1 is 1.09 bits per heavy atom. The molecule has 0 saturated heterocycles. The van der Waals surface area contributed by atoms with Gasteiger partial charge in [0.15, 0.2) is 0 Å². The van der Waals surface area contributed by atoms with Crippen molar-refractivity contribution >= 4 is 11.4 Å². The van der Waals surface area contributed by atoms with Gasteiger partial charge in [0.05, 0.1) is 0 Å². The van der Waals surface area contributed by atoms with Crippen molar-refractivity contribution in [2.24, 2.45) is 5.92 Å². The molecule has 2 aromatic carbocycles. The van der Waals surface area contributed by atoms with Crippen molar-refractivity contribution in [1.82, 2.24) is 0 Å². The fourth-order valence-corrected chi connectivity index (χ4v) is 2.72. The Bertz CT molecular complexity index is 686. The number of hydrogen-bond donors (Lipinski definition) is 1. The first kappa shape index (κ1) is 17.3. The minimum Gasteiger partial charge on any atom is -0.355 e. The Morgan fingerprint density at radius 2 is 1.87 bits per heavy atom. The molecule has 0 aliphatic carbocycles. The summed E-state index contributed by atoms with van der Waals surface area (Å²) in [6.45, 7) is 8.47. The van der Waals surface area contributed by atoms with Crippen LogP contribution in [0.3, 0.4) is 0 Å². The summed E-state index contributed by atoms with van der Waals surface area (Å²) in [6, 6.07) is 11.3. The predicted molar refractivity (Wildman–Crippen MR) is 97.9 cm³/mol. The molecule has 2 rings (SSSR count). The normalized spacial score (nSPS) is 11.4. The topological polar surface area (TPSA) is 12.0 Å². The minimum absolute atomic E-state index is 0.176. The van der Waals surface area contributed by atoms with E-state index in [1.54, 1.807) is 6.07 Å². The molecule has 0 fully saturated rings. The minimum atomic E-state index is -0.176. The van der Waals surface area contributed by atoms with Gasteiger partial charge in [0.1, 0.15) is 5.82 Å². The van der Waals surface area contributed by atoms with Crippen LogP contribution in [0.2, 0.25) is 0 Å². The van der Waals surface area contributed by atoms with Crippen LogP contribution in [0, 0.1) is 18.7 Å². The molecule has 23 heavy (non-hydrogen) atoms. The van der Waals surface area contributed by atoms with Crippen LogP contribution in [0.1, 0.15) is 37.5 Å². The third-order valence-electron chi connectivity index (χ3n) is 3.98. The lowest BCUT2D eigenvalue weighted by Crippen LogP contribution is -2.03. The fraction of sp³-hybridized carbons (Fsp3) is 0.333. The molecule has 1 N–H and O–H groups in total. The molecule has 2 heteroatoms. The van der Waals surface area contributed by atoms with E-state index in [1.807, 2.05) is 13.0 Å². The van der Waals surface area contributed by atoms with E-state index in [0.717, 1.165) is 29.8 Å². The molecule has 0 saturated carbocycles. The molecule has 0 aromatic heterocycles. The molecule has 0 aliphatic rings. The summed E-state index contributed by atoms with van der Waals surface area (Å²) in [5.41, 5.74) is 5.65. The maximum Gasteiger partial charge on any atom is 0.123 e. The molecule has 0 spiro atoms. The Morgan fingerprint density at radius 3 is 2.57 bits per heavy atom. The lowest BCUT2D eigenvalue weighted by Gasteiger charge is -2.17. The molecule has 0 atom stereocenters. The van der Waals surface area contributed by atoms with Crippen LogP contribution < -0.4 is 5.32 Å². The van der Waals surface area contributed by atoms with Gasteiger partial charge in [0, 0.05) is 11.4 Å². The summed E-state index contributed by atoms with van der Waals surface area (Å²) >= 11 is 0. The first-order valence-electron chi connectivity index (χ1n) is 8.26. The van der Waals surface area contributed by atoms with Gasteiger partial charge < -0.3 is 5.32 Å². The molecule has 2 aromatic rings. The average Bonchev–Trinajstić information content (AvgIpc) is 2.50. The average molecular weight is 311 g/mol. The van der Waals surface area contributed by atoms with Crippen molar-refractivity contribution in [2.75, 3.05) is 5.32 Å². The lowest BCUT2D eigenvalue weighted by molar-refractivity contribution is 0.613. The molecular formula is C21H26FN. The number of anilines is 2. The van der Waals surface area contributed by atoms with Gasteiger partial charge in [-0.25, -0.2) is 4.39 Å². The number of hydrogen-bond acceptors (Lipinski definition) is 1. The maximum atomic E-state index is 13.6. The van der Waals surface area contributed by atoms with Gasteiger partial charge in [-0.05, 0) is 73.6 Å². The van der Waals surface area contributed by atoms with E-state index in [9.17, 15) is 4.39 Å². The maximum absolute atomic E-state index is 13.6. The Balaban J connectivity index is 2.32. The second kappa shape index (κ2) is 7.96. The van der Waals surface area contributed by atoms with Crippen molar-refractivity contribution in [1.29, 1.82) is 0 Å². The second-order valence-electron chi connectivity index (χ2n) is 6.39. The highest BCUT2D eigenvalue weighted by Crippen LogP contribution is 2.28. The van der Waals surface area contributed by atoms with Gasteiger partial charge in [0.2, 0.25) is 0 Å². The van der Waals surface area contributed by atoms with Gasteiger partial charge >= 0.3 is 0 Å². The van der Waals surface area contributed by atoms with Crippen molar-refractivity contribution in [2.45, 2.75) is 40.5 Å². The van der Waals surface area contributed by atoms with Crippen LogP contribution in [-0.2, 0) is 12.8 Å². The van der Waals surface area contributed by atoms with E-state index in [2.05, 4.69) is 56.4 Å². The van der Waals surface area contributed by atoms with E-state index in [-0.39, 0.29) is 5.82 Å². The highest BCUT2D eigenvalue weighted by molar-refractivity contribution is 5.67. The molecular weight excluding hydrogens is 285 g/mol. The molecule has 0 aliphatic heterocycles. The largest absolute Gasteiger partial charge is 0.355 e. The highest BCUT2D eigenvalue weighted by Gasteiger charge is 2.09. The Hall–Kier alpha value is -2.09. The van der Waals surface area contributed by atoms with Crippen LogP contribution in [0.25, 0.3) is 0 Å². The quantitative estimate of drug-likeness (QED) is 0.627. The van der Waals surface area contributed by atoms with Gasteiger partial charge in [-0.15, -0.1) is 0 Å². The summed E-state index contributed by atoms with van der Waals surface area (Å²) in [6.07, 6.45) is 6.02. The van der Waals surface area contributed by atoms with Gasteiger partial charge in [0.25, 0.3) is 0 Å². The number of halogens is 1. The van der Waals surface area contributed by atoms with Gasteiger partial charge in [-0.3, -0.25) is 0 Å². The molecule has 0 amide bonds. The molecule has 0 heterocycles. The number of allylic oxidation sites excluding steroid dienone is 2. The van der Waals surface area contributed by atoms with Crippen LogP contribution in [-0.4, -0.2) is 0 Å². The number of rotatable bonds is 6. The Kier molecular flexibility index (Phi) is 5.97. The summed E-state index contributed by atoms with van der Waals surface area (Å²) in [7, 11) is 0. The third kappa shape index (κ3) is 4.69. The summed E-state index contributed by atoms with van der Waals surface area (Å²) < 4.78 is 13.6. The van der Waals surface area contributed by atoms with Crippen molar-refractivity contribution < 1.29 is 4.39 Å². The summed E-state index contributed by atoms with van der Waals surface area (Å²) in [5, 5.41) is 3.50. The zero-order valence-electron chi connectivity index (χ0n) is 14.5. The van der Waals surface area contributed by atoms with E-state index >= 15 is 0 Å². The van der Waals surface area contributed by atoms with Gasteiger partial charge in [-0.2, -0.15) is 0 Å². The molecule has 0 unspecified atom stereocenters. The molecule has 1 nitrogen and oxygen atoms in total. The monoisotopic (exact) mass is 311 g/mol. The predicted octanol–water partition coefficient (Wildman–Crippen LogP) is 6.19. The fourth-order valence-electron chi connectivity index (χ4n) is 2.72. The molecule has 0 radical (unpaired) electrons. The highest BCUT2D eigenvalue weighted by atomic mass is 19.1. The first-order chi connectivity index (χ1) is 11.0. The van der Waals surface area contributed by atoms with E-state index in [1.165, 1.54) is 17.2 Å². The zero-order chi connectivity index (χ0) is 16.8. The van der Waals surface area contributed by atoms with Crippen molar-refractivity contribution in [3.05, 3.63) is 71.1 Å². The summed E-state index contributed by atoms with van der Waals surface area (Å²) in [5.74, 6) is 0.309. The SMILES string of the molecule is C/C=C\Cc1cccc(Nc2ccc(F)cc2CC(C)C)c1C. The third-order valence-corrected chi connectivity index (χ3v) is 3.98. The number of nitrogens with one attached hydrogen (secondary N) is 1. The molecule has 0 bridgehead atoms. The zero-order valence-corrected chi connectivity index (χ0v) is 14.5. The van der Waals surface area contributed by atoms with E-state index in [4.69, 9.17) is 0 Å². The van der Waals surface area contributed by atoms with E-state index < -0.39 is 0 Å². The van der Waals surface area contributed by atoms with Crippen LogP contribution in [0.15, 0.2) is 48.6 Å². The standard InChI is InChI=1S/C21H26FN/c1-5-6-8-17-9-7-10-20(16(17)4)23-21-12-11-19(22)14-18(21)13-15(2)3/h5-7,9-12,14-15,23H,8,13H2,1-4H3/b6-5-. The van der Waals surface area contributed by atoms with Crippen LogP contribution in [0.5, 0.6) is 0 Å². The Labute approximate surface area is 139 Å². The summed E-state index contributed by atoms with van der Waals surface area (Å²) in [4.78, 5) is 0. The lowest BCUT2D eigenvalue weighted by atomic mass is 10.00. The first-order valence-corrected chi connectivity index (χ1v) is 8.26. The van der Waals surface area contributed by atoms with Gasteiger partial charge in [-0.1, -0.05) is 38.1 Å². The van der Waals surface area contributed by atoms with Crippen LogP contribution >= 0.6 is 0 Å². The molecule has 122 valence electrons. The van der Waals surface area contributed by atoms with Crippen LogP contribution in [0.4, 0.5) is 15.8 Å². The van der Waals surface area contributed by atoms with Crippen molar-refractivity contribution in [3.63, 3.8) is 0 Å².